The Labute approximate surface area is 103 Å². The molecule has 3 heteroatoms. The van der Waals surface area contributed by atoms with Gasteiger partial charge in [0, 0.05) is 28.2 Å². The standard InChI is InChI=1S/C13H21N2Si/c1-9(2)12-11(16)8-7-10(14(3)4)13(12)15(5)6/h7-9H,1-6H3. The van der Waals surface area contributed by atoms with Gasteiger partial charge < -0.3 is 9.80 Å². The van der Waals surface area contributed by atoms with Crippen molar-refractivity contribution in [1.29, 1.82) is 0 Å². The minimum absolute atomic E-state index is 0.504. The maximum absolute atomic E-state index is 3.71. The van der Waals surface area contributed by atoms with Crippen molar-refractivity contribution in [3.63, 3.8) is 0 Å². The van der Waals surface area contributed by atoms with Crippen molar-refractivity contribution >= 4 is 26.8 Å². The predicted octanol–water partition coefficient (Wildman–Crippen LogP) is 1.74. The van der Waals surface area contributed by atoms with Crippen LogP contribution in [-0.4, -0.2) is 38.4 Å². The van der Waals surface area contributed by atoms with Crippen LogP contribution in [0.15, 0.2) is 12.1 Å². The smallest absolute Gasteiger partial charge is 0.0716 e. The Morgan fingerprint density at radius 2 is 1.56 bits per heavy atom. The van der Waals surface area contributed by atoms with E-state index in [2.05, 4.69) is 74.2 Å². The first-order valence-corrected chi connectivity index (χ1v) is 6.09. The molecule has 0 amide bonds. The molecule has 0 N–H and O–H groups in total. The summed E-state index contributed by atoms with van der Waals surface area (Å²) < 4.78 is 0. The second-order valence-corrected chi connectivity index (χ2v) is 5.38. The molecule has 1 rings (SSSR count). The predicted molar refractivity (Wildman–Crippen MR) is 74.6 cm³/mol. The SMILES string of the molecule is CC(C)c1c([Si])ccc(N(C)C)c1N(C)C. The molecule has 0 aliphatic carbocycles. The van der Waals surface area contributed by atoms with Crippen LogP contribution in [0.2, 0.25) is 0 Å². The second kappa shape index (κ2) is 4.91. The van der Waals surface area contributed by atoms with Gasteiger partial charge in [-0.05, 0) is 17.5 Å². The van der Waals surface area contributed by atoms with Gasteiger partial charge in [0.1, 0.15) is 0 Å². The Bertz CT molecular complexity index is 370. The number of anilines is 2. The molecule has 0 bridgehead atoms. The molecule has 87 valence electrons. The lowest BCUT2D eigenvalue weighted by molar-refractivity contribution is 0.863. The number of hydrogen-bond acceptors (Lipinski definition) is 2. The van der Waals surface area contributed by atoms with Crippen LogP contribution in [0.4, 0.5) is 11.4 Å². The first-order valence-electron chi connectivity index (χ1n) is 5.59. The van der Waals surface area contributed by atoms with E-state index in [-0.39, 0.29) is 0 Å². The molecular weight excluding hydrogens is 212 g/mol. The van der Waals surface area contributed by atoms with Crippen LogP contribution in [-0.2, 0) is 0 Å². The number of hydrogen-bond donors (Lipinski definition) is 0. The molecule has 0 spiro atoms. The molecule has 3 radical (unpaired) electrons. The molecule has 0 heterocycles. The van der Waals surface area contributed by atoms with Crippen molar-refractivity contribution in [1.82, 2.24) is 0 Å². The van der Waals surface area contributed by atoms with E-state index in [0.717, 1.165) is 0 Å². The minimum Gasteiger partial charge on any atom is -0.376 e. The van der Waals surface area contributed by atoms with Crippen molar-refractivity contribution in [2.75, 3.05) is 38.0 Å². The number of rotatable bonds is 3. The van der Waals surface area contributed by atoms with E-state index in [1.165, 1.54) is 22.1 Å². The Morgan fingerprint density at radius 3 is 1.94 bits per heavy atom. The fourth-order valence-electron chi connectivity index (χ4n) is 2.01. The van der Waals surface area contributed by atoms with Crippen LogP contribution in [0.5, 0.6) is 0 Å². The molecule has 0 unspecified atom stereocenters. The Kier molecular flexibility index (Phi) is 4.02. The molecule has 2 nitrogen and oxygen atoms in total. The summed E-state index contributed by atoms with van der Waals surface area (Å²) in [6.45, 7) is 4.46. The van der Waals surface area contributed by atoms with Crippen molar-refractivity contribution in [3.8, 4) is 0 Å². The average Bonchev–Trinajstić information content (AvgIpc) is 2.15. The van der Waals surface area contributed by atoms with Gasteiger partial charge in [0.2, 0.25) is 0 Å². The fourth-order valence-corrected chi connectivity index (χ4v) is 2.50. The van der Waals surface area contributed by atoms with E-state index in [1.54, 1.807) is 0 Å². The Hall–Kier alpha value is -0.963. The summed E-state index contributed by atoms with van der Waals surface area (Å²) in [5.41, 5.74) is 3.93. The molecule has 1 aromatic rings. The quantitative estimate of drug-likeness (QED) is 0.734. The van der Waals surface area contributed by atoms with E-state index in [9.17, 15) is 0 Å². The fraction of sp³-hybridized carbons (Fsp3) is 0.538. The van der Waals surface area contributed by atoms with E-state index in [4.69, 9.17) is 0 Å². The van der Waals surface area contributed by atoms with E-state index in [1.807, 2.05) is 0 Å². The molecule has 0 aromatic heterocycles. The lowest BCUT2D eigenvalue weighted by atomic mass is 9.99. The number of benzene rings is 1. The highest BCUT2D eigenvalue weighted by Crippen LogP contribution is 2.33. The van der Waals surface area contributed by atoms with Gasteiger partial charge in [0.05, 0.1) is 21.6 Å². The summed E-state index contributed by atoms with van der Waals surface area (Å²) >= 11 is 0. The lowest BCUT2D eigenvalue weighted by Gasteiger charge is -2.28. The number of nitrogens with zero attached hydrogens (tertiary/aromatic N) is 2. The van der Waals surface area contributed by atoms with Gasteiger partial charge in [-0.15, -0.1) is 0 Å². The summed E-state index contributed by atoms with van der Waals surface area (Å²) in [4.78, 5) is 4.35. The van der Waals surface area contributed by atoms with E-state index in [0.29, 0.717) is 5.92 Å². The third-order valence-corrected chi connectivity index (χ3v) is 3.14. The zero-order valence-corrected chi connectivity index (χ0v) is 12.1. The van der Waals surface area contributed by atoms with Crippen LogP contribution < -0.4 is 15.0 Å². The van der Waals surface area contributed by atoms with Crippen molar-refractivity contribution < 1.29 is 0 Å². The molecule has 0 aliphatic rings. The van der Waals surface area contributed by atoms with Gasteiger partial charge in [-0.1, -0.05) is 25.1 Å². The van der Waals surface area contributed by atoms with Crippen LogP contribution >= 0.6 is 0 Å². The highest BCUT2D eigenvalue weighted by atomic mass is 28.1. The zero-order valence-electron chi connectivity index (χ0n) is 11.1. The van der Waals surface area contributed by atoms with Gasteiger partial charge in [-0.2, -0.15) is 0 Å². The summed E-state index contributed by atoms with van der Waals surface area (Å²) in [5, 5.41) is 1.18. The van der Waals surface area contributed by atoms with E-state index < -0.39 is 0 Å². The van der Waals surface area contributed by atoms with Crippen LogP contribution in [0, 0.1) is 0 Å². The third-order valence-electron chi connectivity index (χ3n) is 2.70. The largest absolute Gasteiger partial charge is 0.376 e. The lowest BCUT2D eigenvalue weighted by Crippen LogP contribution is -2.24. The monoisotopic (exact) mass is 233 g/mol. The molecule has 0 aliphatic heterocycles. The van der Waals surface area contributed by atoms with Crippen molar-refractivity contribution in [2.24, 2.45) is 0 Å². The maximum atomic E-state index is 3.71. The summed E-state index contributed by atoms with van der Waals surface area (Å²) in [6.07, 6.45) is 0. The van der Waals surface area contributed by atoms with Gasteiger partial charge >= 0.3 is 0 Å². The molecule has 0 saturated heterocycles. The molecule has 16 heavy (non-hydrogen) atoms. The zero-order chi connectivity index (χ0) is 12.5. The second-order valence-electron chi connectivity index (χ2n) is 4.84. The Morgan fingerprint density at radius 1 is 1.00 bits per heavy atom. The third kappa shape index (κ3) is 2.40. The van der Waals surface area contributed by atoms with Crippen LogP contribution in [0.1, 0.15) is 25.3 Å². The first-order chi connectivity index (χ1) is 7.36. The minimum atomic E-state index is 0.504. The molecule has 0 atom stereocenters. The highest BCUT2D eigenvalue weighted by Gasteiger charge is 2.16. The Balaban J connectivity index is 3.50. The molecule has 0 fully saturated rings. The normalized spacial score (nSPS) is 10.8. The van der Waals surface area contributed by atoms with Gasteiger partial charge in [0.25, 0.3) is 0 Å². The van der Waals surface area contributed by atoms with Gasteiger partial charge in [0.15, 0.2) is 0 Å². The van der Waals surface area contributed by atoms with E-state index >= 15 is 0 Å². The van der Waals surface area contributed by atoms with Crippen LogP contribution in [0.3, 0.4) is 0 Å². The average molecular weight is 233 g/mol. The molecule has 1 aromatic carbocycles. The van der Waals surface area contributed by atoms with Crippen molar-refractivity contribution in [2.45, 2.75) is 19.8 Å². The van der Waals surface area contributed by atoms with Gasteiger partial charge in [-0.3, -0.25) is 0 Å². The molecule has 0 saturated carbocycles. The van der Waals surface area contributed by atoms with Gasteiger partial charge in [-0.25, -0.2) is 0 Å². The van der Waals surface area contributed by atoms with Crippen LogP contribution in [0.25, 0.3) is 0 Å². The summed E-state index contributed by atoms with van der Waals surface area (Å²) in [6, 6.07) is 4.29. The van der Waals surface area contributed by atoms with Crippen molar-refractivity contribution in [3.05, 3.63) is 17.7 Å². The molecular formula is C13H21N2Si. The maximum Gasteiger partial charge on any atom is 0.0716 e. The summed E-state index contributed by atoms with van der Waals surface area (Å²) in [5.74, 6) is 0.504. The first kappa shape index (κ1) is 13.1. The summed E-state index contributed by atoms with van der Waals surface area (Å²) in [7, 11) is 12.1. The highest BCUT2D eigenvalue weighted by molar-refractivity contribution is 6.34. The topological polar surface area (TPSA) is 6.48 Å².